The highest BCUT2D eigenvalue weighted by atomic mass is 19.4. The predicted molar refractivity (Wildman–Crippen MR) is 120 cm³/mol. The second-order valence-electron chi connectivity index (χ2n) is 8.18. The molecule has 0 N–H and O–H groups in total. The number of imidazole rings is 1. The van der Waals surface area contributed by atoms with Crippen LogP contribution in [0.4, 0.5) is 13.2 Å². The van der Waals surface area contributed by atoms with E-state index < -0.39 is 11.9 Å². The van der Waals surface area contributed by atoms with Crippen molar-refractivity contribution in [1.29, 1.82) is 0 Å². The summed E-state index contributed by atoms with van der Waals surface area (Å²) in [6.45, 7) is 0.211. The van der Waals surface area contributed by atoms with Crippen LogP contribution in [-0.4, -0.2) is 36.6 Å². The summed E-state index contributed by atoms with van der Waals surface area (Å²) >= 11 is 0. The minimum Gasteiger partial charge on any atom is -0.480 e. The topological polar surface area (TPSA) is 87.8 Å². The summed E-state index contributed by atoms with van der Waals surface area (Å²) in [5, 5.41) is 0. The molecule has 4 aromatic rings. The smallest absolute Gasteiger partial charge is 0.434 e. The first kappa shape index (κ1) is 22.8. The molecule has 1 aliphatic carbocycles. The van der Waals surface area contributed by atoms with Gasteiger partial charge in [-0.2, -0.15) is 18.2 Å². The lowest BCUT2D eigenvalue weighted by Gasteiger charge is -2.11. The number of aryl methyl sites for hydroxylation is 1. The molecule has 0 atom stereocenters. The lowest BCUT2D eigenvalue weighted by molar-refractivity contribution is -0.140. The second kappa shape index (κ2) is 8.97. The van der Waals surface area contributed by atoms with E-state index in [0.717, 1.165) is 30.3 Å². The normalized spacial score (nSPS) is 13.6. The number of hydrogen-bond donors (Lipinski definition) is 0. The molecule has 1 fully saturated rings. The van der Waals surface area contributed by atoms with Crippen molar-refractivity contribution in [3.05, 3.63) is 66.0 Å². The Morgan fingerprint density at radius 1 is 1.03 bits per heavy atom. The third kappa shape index (κ3) is 4.79. The molecule has 5 rings (SSSR count). The fourth-order valence-electron chi connectivity index (χ4n) is 3.73. The summed E-state index contributed by atoms with van der Waals surface area (Å²) in [5.41, 5.74) is 2.00. The Bertz CT molecular complexity index is 1350. The first-order valence-electron chi connectivity index (χ1n) is 10.9. The summed E-state index contributed by atoms with van der Waals surface area (Å²) in [5.74, 6) is 1.78. The zero-order valence-electron chi connectivity index (χ0n) is 19.0. The van der Waals surface area contributed by atoms with Gasteiger partial charge in [-0.25, -0.2) is 19.9 Å². The Kier molecular flexibility index (Phi) is 5.83. The molecule has 0 saturated heterocycles. The molecule has 0 spiro atoms. The third-order valence-electron chi connectivity index (χ3n) is 5.62. The van der Waals surface area contributed by atoms with Gasteiger partial charge in [-0.3, -0.25) is 0 Å². The van der Waals surface area contributed by atoms with Crippen LogP contribution in [0, 0.1) is 0 Å². The molecule has 180 valence electrons. The molecule has 0 bridgehead atoms. The molecular weight excluding hydrogens is 461 g/mol. The third-order valence-corrected chi connectivity index (χ3v) is 5.62. The number of halogens is 3. The standard InChI is InChI=1S/C24H21F3N6O2/c1-33-11-17(24(25,26)27)31-22(33)16-5-3-14(4-6-16)12-35-18-9-10-28-21(32-18)19-20(15-7-8-15)29-13-30-23(19)34-2/h3-6,9-11,13,15H,7-8,12H2,1-2H3. The molecule has 1 saturated carbocycles. The molecule has 11 heteroatoms. The van der Waals surface area contributed by atoms with Crippen molar-refractivity contribution < 1.29 is 22.6 Å². The van der Waals surface area contributed by atoms with E-state index in [0.29, 0.717) is 34.6 Å². The lowest BCUT2D eigenvalue weighted by Crippen LogP contribution is -2.04. The van der Waals surface area contributed by atoms with E-state index in [-0.39, 0.29) is 12.4 Å². The number of aromatic nitrogens is 6. The molecular formula is C24H21F3N6O2. The SMILES string of the molecule is COc1ncnc(C2CC2)c1-c1nccc(OCc2ccc(-c3nc(C(F)(F)F)cn3C)cc2)n1. The van der Waals surface area contributed by atoms with E-state index in [1.54, 1.807) is 43.6 Å². The van der Waals surface area contributed by atoms with Crippen molar-refractivity contribution in [1.82, 2.24) is 29.5 Å². The fraction of sp³-hybridized carbons (Fsp3) is 0.292. The first-order chi connectivity index (χ1) is 16.8. The summed E-state index contributed by atoms with van der Waals surface area (Å²) in [6.07, 6.45) is 1.67. The highest BCUT2D eigenvalue weighted by Crippen LogP contribution is 2.44. The average molecular weight is 482 g/mol. The van der Waals surface area contributed by atoms with Crippen molar-refractivity contribution in [2.45, 2.75) is 31.5 Å². The maximum atomic E-state index is 12.9. The zero-order chi connectivity index (χ0) is 24.6. The van der Waals surface area contributed by atoms with Gasteiger partial charge in [0.05, 0.1) is 12.8 Å². The highest BCUT2D eigenvalue weighted by Gasteiger charge is 2.34. The molecule has 3 heterocycles. The zero-order valence-corrected chi connectivity index (χ0v) is 19.0. The van der Waals surface area contributed by atoms with E-state index in [1.807, 2.05) is 0 Å². The number of rotatable bonds is 7. The Balaban J connectivity index is 1.32. The minimum absolute atomic E-state index is 0.211. The van der Waals surface area contributed by atoms with E-state index in [1.165, 1.54) is 17.9 Å². The van der Waals surface area contributed by atoms with Crippen LogP contribution in [0.15, 0.2) is 49.1 Å². The molecule has 0 radical (unpaired) electrons. The Morgan fingerprint density at radius 2 is 1.80 bits per heavy atom. The van der Waals surface area contributed by atoms with Crippen LogP contribution >= 0.6 is 0 Å². The van der Waals surface area contributed by atoms with Crippen LogP contribution in [0.1, 0.15) is 35.7 Å². The Labute approximate surface area is 198 Å². The lowest BCUT2D eigenvalue weighted by atomic mass is 10.1. The summed E-state index contributed by atoms with van der Waals surface area (Å²) < 4.78 is 51.5. The van der Waals surface area contributed by atoms with Crippen LogP contribution in [0.2, 0.25) is 0 Å². The summed E-state index contributed by atoms with van der Waals surface area (Å²) in [7, 11) is 3.07. The average Bonchev–Trinajstić information content (AvgIpc) is 3.63. The number of methoxy groups -OCH3 is 1. The van der Waals surface area contributed by atoms with Gasteiger partial charge < -0.3 is 14.0 Å². The number of benzene rings is 1. The number of alkyl halides is 3. The molecule has 1 aliphatic rings. The van der Waals surface area contributed by atoms with Crippen LogP contribution in [0.5, 0.6) is 11.8 Å². The van der Waals surface area contributed by atoms with Gasteiger partial charge in [0.25, 0.3) is 0 Å². The van der Waals surface area contributed by atoms with Gasteiger partial charge in [0.1, 0.15) is 24.3 Å². The summed E-state index contributed by atoms with van der Waals surface area (Å²) in [6, 6.07) is 8.62. The van der Waals surface area contributed by atoms with Gasteiger partial charge in [0, 0.05) is 37.0 Å². The fourth-order valence-corrected chi connectivity index (χ4v) is 3.73. The van der Waals surface area contributed by atoms with E-state index >= 15 is 0 Å². The molecule has 35 heavy (non-hydrogen) atoms. The highest BCUT2D eigenvalue weighted by molar-refractivity contribution is 5.66. The van der Waals surface area contributed by atoms with Crippen molar-refractivity contribution in [3.63, 3.8) is 0 Å². The van der Waals surface area contributed by atoms with Gasteiger partial charge in [0.2, 0.25) is 11.8 Å². The second-order valence-corrected chi connectivity index (χ2v) is 8.18. The van der Waals surface area contributed by atoms with Gasteiger partial charge >= 0.3 is 6.18 Å². The molecule has 8 nitrogen and oxygen atoms in total. The van der Waals surface area contributed by atoms with Crippen molar-refractivity contribution in [2.75, 3.05) is 7.11 Å². The van der Waals surface area contributed by atoms with E-state index in [4.69, 9.17) is 9.47 Å². The van der Waals surface area contributed by atoms with Crippen LogP contribution in [-0.2, 0) is 19.8 Å². The molecule has 0 amide bonds. The maximum absolute atomic E-state index is 12.9. The van der Waals surface area contributed by atoms with Crippen molar-refractivity contribution in [3.8, 4) is 34.5 Å². The van der Waals surface area contributed by atoms with Crippen molar-refractivity contribution >= 4 is 0 Å². The Morgan fingerprint density at radius 3 is 2.46 bits per heavy atom. The van der Waals surface area contributed by atoms with Gasteiger partial charge in [-0.05, 0) is 18.4 Å². The van der Waals surface area contributed by atoms with Gasteiger partial charge in [-0.15, -0.1) is 0 Å². The van der Waals surface area contributed by atoms with E-state index in [9.17, 15) is 13.2 Å². The van der Waals surface area contributed by atoms with Crippen LogP contribution in [0.25, 0.3) is 22.8 Å². The maximum Gasteiger partial charge on any atom is 0.434 e. The minimum atomic E-state index is -4.49. The van der Waals surface area contributed by atoms with Crippen LogP contribution in [0.3, 0.4) is 0 Å². The largest absolute Gasteiger partial charge is 0.480 e. The molecule has 3 aromatic heterocycles. The van der Waals surface area contributed by atoms with Crippen molar-refractivity contribution in [2.24, 2.45) is 7.05 Å². The monoisotopic (exact) mass is 482 g/mol. The number of ether oxygens (including phenoxy) is 2. The summed E-state index contributed by atoms with van der Waals surface area (Å²) in [4.78, 5) is 21.2. The Hall–Kier alpha value is -4.02. The van der Waals surface area contributed by atoms with E-state index in [2.05, 4.69) is 24.9 Å². The van der Waals surface area contributed by atoms with Gasteiger partial charge in [-0.1, -0.05) is 24.3 Å². The van der Waals surface area contributed by atoms with Crippen LogP contribution < -0.4 is 9.47 Å². The quantitative estimate of drug-likeness (QED) is 0.373. The number of nitrogens with zero attached hydrogens (tertiary/aromatic N) is 6. The molecule has 0 aliphatic heterocycles. The molecule has 1 aromatic carbocycles. The molecule has 0 unspecified atom stereocenters. The number of hydrogen-bond acceptors (Lipinski definition) is 7. The first-order valence-corrected chi connectivity index (χ1v) is 10.9. The van der Waals surface area contributed by atoms with Gasteiger partial charge in [0.15, 0.2) is 11.5 Å². The predicted octanol–water partition coefficient (Wildman–Crippen LogP) is 4.82.